The lowest BCUT2D eigenvalue weighted by atomic mass is 10.0. The summed E-state index contributed by atoms with van der Waals surface area (Å²) in [5.41, 5.74) is 2.57. The molecule has 2 unspecified atom stereocenters. The SMILES string of the molecule is CCC[S+]([O-])Nc1ccc(F)c(-n2cc(-c3cncnc3)c3nc(N(C)C4CCN(C(=O)CCOCCOCCOCCOCCOCCOCCNc5cccc6c5C(=O)N(C5CCC(=O)NC5=O)C6=O)CC4)ccc32)c1F. The molecule has 79 heavy (non-hydrogen) atoms. The maximum absolute atomic E-state index is 16.0. The lowest BCUT2D eigenvalue weighted by molar-refractivity contribution is -0.136. The molecule has 6 heterocycles. The lowest BCUT2D eigenvalue weighted by Gasteiger charge is -2.37. The van der Waals surface area contributed by atoms with Crippen LogP contribution in [0.5, 0.6) is 0 Å². The summed E-state index contributed by atoms with van der Waals surface area (Å²) in [7, 11) is 1.95. The van der Waals surface area contributed by atoms with Crippen LogP contribution in [0.2, 0.25) is 0 Å². The maximum Gasteiger partial charge on any atom is 0.264 e. The monoisotopic (exact) mass is 1120 g/mol. The number of rotatable bonds is 31. The highest BCUT2D eigenvalue weighted by atomic mass is 32.2. The third-order valence-corrected chi connectivity index (χ3v) is 14.7. The number of piperidine rings is 2. The van der Waals surface area contributed by atoms with Crippen molar-refractivity contribution in [3.8, 4) is 16.8 Å². The van der Waals surface area contributed by atoms with Crippen molar-refractivity contribution in [1.82, 2.24) is 34.6 Å². The smallest absolute Gasteiger partial charge is 0.264 e. The van der Waals surface area contributed by atoms with Crippen molar-refractivity contribution < 1.29 is 65.7 Å². The largest absolute Gasteiger partial charge is 0.593 e. The molecule has 0 spiro atoms. The van der Waals surface area contributed by atoms with Gasteiger partial charge in [0.1, 0.15) is 41.1 Å². The zero-order valence-electron chi connectivity index (χ0n) is 44.3. The molecular weight excluding hydrogens is 1050 g/mol. The number of nitrogens with zero attached hydrogens (tertiary/aromatic N) is 7. The molecule has 424 valence electrons. The number of hydrogen-bond donors (Lipinski definition) is 3. The van der Waals surface area contributed by atoms with Gasteiger partial charge in [-0.1, -0.05) is 13.0 Å². The number of benzene rings is 2. The number of imide groups is 2. The van der Waals surface area contributed by atoms with Crippen LogP contribution < -0.4 is 20.3 Å². The van der Waals surface area contributed by atoms with Crippen LogP contribution in [0.4, 0.5) is 26.0 Å². The van der Waals surface area contributed by atoms with Crippen molar-refractivity contribution in [3.63, 3.8) is 0 Å². The van der Waals surface area contributed by atoms with Gasteiger partial charge in [-0.2, -0.15) is 0 Å². The van der Waals surface area contributed by atoms with Crippen LogP contribution in [-0.2, 0) is 54.2 Å². The van der Waals surface area contributed by atoms with E-state index in [4.69, 9.17) is 33.4 Å². The molecule has 3 aliphatic rings. The first-order valence-corrected chi connectivity index (χ1v) is 27.7. The number of pyridine rings is 1. The number of nitrogens with one attached hydrogen (secondary N) is 3. The van der Waals surface area contributed by atoms with E-state index >= 15 is 8.78 Å². The second-order valence-electron chi connectivity index (χ2n) is 18.7. The number of ether oxygens (including phenoxy) is 6. The highest BCUT2D eigenvalue weighted by Crippen LogP contribution is 2.37. The van der Waals surface area contributed by atoms with E-state index in [0.29, 0.717) is 151 Å². The zero-order chi connectivity index (χ0) is 55.7. The van der Waals surface area contributed by atoms with E-state index in [1.165, 1.54) is 17.0 Å². The summed E-state index contributed by atoms with van der Waals surface area (Å²) in [6, 6.07) is 9.90. The molecule has 0 radical (unpaired) electrons. The molecule has 3 N–H and O–H groups in total. The molecule has 0 aliphatic carbocycles. The first kappa shape index (κ1) is 58.4. The number of anilines is 3. The zero-order valence-corrected chi connectivity index (χ0v) is 45.1. The Balaban J connectivity index is 0.639. The third kappa shape index (κ3) is 15.0. The number of amides is 5. The fraction of sp³-hybridized carbons (Fsp3) is 0.481. The number of carbonyl (C=O) groups excluding carboxylic acids is 5. The Morgan fingerprint density at radius 3 is 2.09 bits per heavy atom. The van der Waals surface area contributed by atoms with Gasteiger partial charge in [-0.05, 0) is 62.1 Å². The van der Waals surface area contributed by atoms with Crippen molar-refractivity contribution in [2.75, 3.05) is 127 Å². The van der Waals surface area contributed by atoms with Gasteiger partial charge in [0.05, 0.1) is 119 Å². The summed E-state index contributed by atoms with van der Waals surface area (Å²) in [4.78, 5) is 81.5. The summed E-state index contributed by atoms with van der Waals surface area (Å²) in [5.74, 6) is -2.93. The average Bonchev–Trinajstić information content (AvgIpc) is 4.21. The summed E-state index contributed by atoms with van der Waals surface area (Å²) >= 11 is -1.54. The van der Waals surface area contributed by atoms with Gasteiger partial charge in [-0.25, -0.2) is 28.5 Å². The van der Waals surface area contributed by atoms with Crippen molar-refractivity contribution in [1.29, 1.82) is 0 Å². The number of likely N-dealkylation sites (tertiary alicyclic amines) is 1. The fourth-order valence-corrected chi connectivity index (χ4v) is 10.3. The molecule has 0 bridgehead atoms. The van der Waals surface area contributed by atoms with E-state index in [1.807, 2.05) is 24.9 Å². The maximum atomic E-state index is 16.0. The highest BCUT2D eigenvalue weighted by molar-refractivity contribution is 7.92. The standard InChI is InChI=1S/C54H66F2N10O12S/c1-3-31-79(72)62-42-8-7-40(55)51(49(42)56)65-34-39(36-32-57-35-58-33-36)50-43(65)9-11-45(60-50)63(2)37-13-17-64(18-14-37)47(68)15-19-73-21-23-75-25-27-77-29-30-78-28-26-76-24-22-74-20-16-59-41-6-4-5-38-48(41)54(71)66(53(38)70)44-10-12-46(67)61-52(44)69/h4-9,11,32-35,37,44,59,62H,3,10,12-31H2,1-2H3,(H,61,67,69). The first-order chi connectivity index (χ1) is 38.4. The molecule has 2 saturated heterocycles. The first-order valence-electron chi connectivity index (χ1n) is 26.4. The summed E-state index contributed by atoms with van der Waals surface area (Å²) < 4.78 is 81.6. The average molecular weight is 1120 g/mol. The van der Waals surface area contributed by atoms with Gasteiger partial charge < -0.3 is 52.7 Å². The topological polar surface area (TPSA) is 253 Å². The van der Waals surface area contributed by atoms with Gasteiger partial charge >= 0.3 is 0 Å². The predicted octanol–water partition coefficient (Wildman–Crippen LogP) is 4.68. The molecule has 2 aromatic carbocycles. The molecule has 2 atom stereocenters. The van der Waals surface area contributed by atoms with E-state index in [0.717, 1.165) is 11.0 Å². The van der Waals surface area contributed by atoms with Crippen LogP contribution in [0.15, 0.2) is 67.4 Å². The fourth-order valence-electron chi connectivity index (χ4n) is 9.45. The van der Waals surface area contributed by atoms with Gasteiger partial charge in [-0.3, -0.25) is 34.2 Å². The highest BCUT2D eigenvalue weighted by Gasteiger charge is 2.45. The Morgan fingerprint density at radius 2 is 1.44 bits per heavy atom. The molecule has 3 aromatic heterocycles. The summed E-state index contributed by atoms with van der Waals surface area (Å²) in [6.07, 6.45) is 8.66. The van der Waals surface area contributed by atoms with Crippen LogP contribution in [0, 0.1) is 11.6 Å². The van der Waals surface area contributed by atoms with E-state index in [9.17, 15) is 28.5 Å². The second-order valence-corrected chi connectivity index (χ2v) is 20.0. The molecule has 2 fully saturated rings. The molecule has 0 saturated carbocycles. The number of aromatic nitrogens is 4. The minimum absolute atomic E-state index is 0.0170. The van der Waals surface area contributed by atoms with Crippen molar-refractivity contribution >= 4 is 69.1 Å². The molecule has 3 aliphatic heterocycles. The van der Waals surface area contributed by atoms with Gasteiger partial charge in [-0.15, -0.1) is 0 Å². The second kappa shape index (κ2) is 29.0. The summed E-state index contributed by atoms with van der Waals surface area (Å²) in [5, 5.41) is 5.33. The molecular formula is C54H66F2N10O12S. The Morgan fingerprint density at radius 1 is 0.797 bits per heavy atom. The van der Waals surface area contributed by atoms with Crippen LogP contribution in [-0.4, -0.2) is 187 Å². The Labute approximate surface area is 459 Å². The minimum Gasteiger partial charge on any atom is -0.593 e. The molecule has 25 heteroatoms. The van der Waals surface area contributed by atoms with E-state index in [-0.39, 0.29) is 60.3 Å². The Bertz CT molecular complexity index is 2900. The van der Waals surface area contributed by atoms with Crippen LogP contribution in [0.25, 0.3) is 27.8 Å². The quantitative estimate of drug-likeness (QED) is 0.0310. The number of fused-ring (bicyclic) bond motifs is 2. The minimum atomic E-state index is -1.54. The van der Waals surface area contributed by atoms with E-state index < -0.39 is 52.7 Å². The molecule has 8 rings (SSSR count). The molecule has 5 aromatic rings. The Kier molecular flexibility index (Phi) is 21.4. The van der Waals surface area contributed by atoms with Crippen molar-refractivity contribution in [3.05, 3.63) is 90.1 Å². The van der Waals surface area contributed by atoms with Crippen LogP contribution in [0.3, 0.4) is 0 Å². The van der Waals surface area contributed by atoms with E-state index in [1.54, 1.807) is 42.9 Å². The number of halogens is 2. The van der Waals surface area contributed by atoms with Crippen molar-refractivity contribution in [2.45, 2.75) is 57.5 Å². The molecule has 5 amide bonds. The lowest BCUT2D eigenvalue weighted by Crippen LogP contribution is -2.54. The predicted molar refractivity (Wildman–Crippen MR) is 288 cm³/mol. The van der Waals surface area contributed by atoms with Crippen LogP contribution in [0.1, 0.15) is 66.2 Å². The van der Waals surface area contributed by atoms with Gasteiger partial charge in [0.15, 0.2) is 5.82 Å². The number of carbonyl (C=O) groups is 5. The van der Waals surface area contributed by atoms with E-state index in [2.05, 4.69) is 30.2 Å². The third-order valence-electron chi connectivity index (χ3n) is 13.5. The Hall–Kier alpha value is -6.71. The van der Waals surface area contributed by atoms with Gasteiger partial charge in [0, 0.05) is 74.5 Å². The number of hydrogen-bond acceptors (Lipinski definition) is 18. The summed E-state index contributed by atoms with van der Waals surface area (Å²) in [6.45, 7) is 7.68. The normalized spacial score (nSPS) is 16.2. The van der Waals surface area contributed by atoms with Gasteiger partial charge in [0.25, 0.3) is 11.8 Å². The van der Waals surface area contributed by atoms with Gasteiger partial charge in [0.2, 0.25) is 17.7 Å². The van der Waals surface area contributed by atoms with Crippen LogP contribution >= 0.6 is 0 Å². The van der Waals surface area contributed by atoms with Crippen molar-refractivity contribution in [2.24, 2.45) is 0 Å². The molecule has 22 nitrogen and oxygen atoms in total.